The van der Waals surface area contributed by atoms with E-state index < -0.39 is 0 Å². The molecule has 4 unspecified atom stereocenters. The smallest absolute Gasteiger partial charge is 0.0288 e. The fourth-order valence-electron chi connectivity index (χ4n) is 3.17. The van der Waals surface area contributed by atoms with Crippen LogP contribution in [0.25, 0.3) is 0 Å². The van der Waals surface area contributed by atoms with E-state index in [4.69, 9.17) is 5.73 Å². The van der Waals surface area contributed by atoms with E-state index in [1.54, 1.807) is 0 Å². The van der Waals surface area contributed by atoms with Gasteiger partial charge in [0.2, 0.25) is 0 Å². The SMILES string of the molecule is NC12CSC3CC(CC31)C2. The van der Waals surface area contributed by atoms with Gasteiger partial charge in [-0.15, -0.1) is 0 Å². The maximum Gasteiger partial charge on any atom is 0.0288 e. The molecule has 2 bridgehead atoms. The first-order valence-corrected chi connectivity index (χ1v) is 5.23. The molecule has 0 radical (unpaired) electrons. The first-order chi connectivity index (χ1) is 4.78. The quantitative estimate of drug-likeness (QED) is 0.569. The number of hydrogen-bond acceptors (Lipinski definition) is 2. The Morgan fingerprint density at radius 3 is 2.90 bits per heavy atom. The van der Waals surface area contributed by atoms with Crippen molar-refractivity contribution in [3.8, 4) is 0 Å². The topological polar surface area (TPSA) is 26.0 Å². The lowest BCUT2D eigenvalue weighted by molar-refractivity contribution is 0.332. The second kappa shape index (κ2) is 1.56. The van der Waals surface area contributed by atoms with Crippen molar-refractivity contribution in [2.45, 2.75) is 30.1 Å². The third-order valence-electron chi connectivity index (χ3n) is 3.57. The lowest BCUT2D eigenvalue weighted by Crippen LogP contribution is -2.45. The summed E-state index contributed by atoms with van der Waals surface area (Å²) in [6.45, 7) is 0. The van der Waals surface area contributed by atoms with Crippen LogP contribution in [0.15, 0.2) is 0 Å². The van der Waals surface area contributed by atoms with Crippen molar-refractivity contribution in [2.24, 2.45) is 17.6 Å². The molecule has 0 aromatic rings. The minimum Gasteiger partial charge on any atom is -0.324 e. The van der Waals surface area contributed by atoms with Gasteiger partial charge in [-0.05, 0) is 31.1 Å². The van der Waals surface area contributed by atoms with Crippen LogP contribution in [0, 0.1) is 11.8 Å². The summed E-state index contributed by atoms with van der Waals surface area (Å²) in [4.78, 5) is 0. The number of fused-ring (bicyclic) bond motifs is 1. The Hall–Kier alpha value is 0.310. The Bertz CT molecular complexity index is 182. The van der Waals surface area contributed by atoms with Gasteiger partial charge >= 0.3 is 0 Å². The number of rotatable bonds is 0. The van der Waals surface area contributed by atoms with Gasteiger partial charge in [-0.3, -0.25) is 0 Å². The molecule has 2 N–H and O–H groups in total. The molecule has 1 aliphatic heterocycles. The Morgan fingerprint density at radius 1 is 1.40 bits per heavy atom. The van der Waals surface area contributed by atoms with Gasteiger partial charge in [0, 0.05) is 16.5 Å². The van der Waals surface area contributed by atoms with Gasteiger partial charge < -0.3 is 5.73 Å². The molecule has 1 nitrogen and oxygen atoms in total. The molecule has 4 atom stereocenters. The number of hydrogen-bond donors (Lipinski definition) is 1. The highest BCUT2D eigenvalue weighted by atomic mass is 32.2. The predicted molar refractivity (Wildman–Crippen MR) is 44.0 cm³/mol. The van der Waals surface area contributed by atoms with E-state index in [9.17, 15) is 0 Å². The van der Waals surface area contributed by atoms with Crippen LogP contribution in [-0.4, -0.2) is 16.5 Å². The van der Waals surface area contributed by atoms with Crippen LogP contribution >= 0.6 is 11.8 Å². The minimum absolute atomic E-state index is 0.290. The molecule has 1 saturated heterocycles. The highest BCUT2D eigenvalue weighted by Crippen LogP contribution is 2.59. The highest BCUT2D eigenvalue weighted by Gasteiger charge is 2.57. The summed E-state index contributed by atoms with van der Waals surface area (Å²) in [6.07, 6.45) is 4.27. The van der Waals surface area contributed by atoms with Gasteiger partial charge in [0.15, 0.2) is 0 Å². The van der Waals surface area contributed by atoms with E-state index in [-0.39, 0.29) is 5.54 Å². The average molecular weight is 155 g/mol. The Balaban J connectivity index is 2.05. The monoisotopic (exact) mass is 155 g/mol. The molecule has 0 spiro atoms. The van der Waals surface area contributed by atoms with Crippen molar-refractivity contribution in [1.82, 2.24) is 0 Å². The van der Waals surface area contributed by atoms with Crippen LogP contribution in [0.1, 0.15) is 19.3 Å². The minimum atomic E-state index is 0.290. The van der Waals surface area contributed by atoms with Crippen LogP contribution in [0.4, 0.5) is 0 Å². The maximum atomic E-state index is 6.26. The second-order valence-electron chi connectivity index (χ2n) is 4.23. The van der Waals surface area contributed by atoms with Crippen LogP contribution in [0.3, 0.4) is 0 Å². The van der Waals surface area contributed by atoms with Crippen LogP contribution in [0.2, 0.25) is 0 Å². The molecule has 1 heterocycles. The first kappa shape index (κ1) is 5.90. The molecule has 3 rings (SSSR count). The van der Waals surface area contributed by atoms with Crippen molar-refractivity contribution >= 4 is 11.8 Å². The molecule has 0 aromatic heterocycles. The summed E-state index contributed by atoms with van der Waals surface area (Å²) in [7, 11) is 0. The van der Waals surface area contributed by atoms with Crippen LogP contribution < -0.4 is 5.73 Å². The molecule has 2 aliphatic carbocycles. The maximum absolute atomic E-state index is 6.26. The van der Waals surface area contributed by atoms with Crippen molar-refractivity contribution in [2.75, 3.05) is 5.75 Å². The lowest BCUT2D eigenvalue weighted by Gasteiger charge is -2.27. The molecule has 2 heteroatoms. The zero-order valence-corrected chi connectivity index (χ0v) is 6.86. The standard InChI is InChI=1S/C8H13NS/c9-8-3-5-1-6(8)7(2-5)10-4-8/h5-7H,1-4,9H2. The van der Waals surface area contributed by atoms with Crippen LogP contribution in [0.5, 0.6) is 0 Å². The molecule has 56 valence electrons. The summed E-state index contributed by atoms with van der Waals surface area (Å²) in [6, 6.07) is 0. The van der Waals surface area contributed by atoms with Crippen molar-refractivity contribution in [3.63, 3.8) is 0 Å². The summed E-state index contributed by atoms with van der Waals surface area (Å²) >= 11 is 2.14. The molecule has 3 aliphatic rings. The molecular formula is C8H13NS. The molecule has 0 aromatic carbocycles. The van der Waals surface area contributed by atoms with E-state index in [0.29, 0.717) is 0 Å². The fraction of sp³-hybridized carbons (Fsp3) is 1.00. The average Bonchev–Trinajstić information content (AvgIpc) is 2.39. The van der Waals surface area contributed by atoms with Crippen molar-refractivity contribution in [3.05, 3.63) is 0 Å². The lowest BCUT2D eigenvalue weighted by atomic mass is 9.84. The van der Waals surface area contributed by atoms with Crippen LogP contribution in [-0.2, 0) is 0 Å². The van der Waals surface area contributed by atoms with E-state index in [1.807, 2.05) is 0 Å². The molecule has 3 fully saturated rings. The molecule has 2 saturated carbocycles. The second-order valence-corrected chi connectivity index (χ2v) is 5.46. The Morgan fingerprint density at radius 2 is 2.30 bits per heavy atom. The van der Waals surface area contributed by atoms with Gasteiger partial charge in [-0.1, -0.05) is 0 Å². The van der Waals surface area contributed by atoms with Gasteiger partial charge in [-0.2, -0.15) is 11.8 Å². The van der Waals surface area contributed by atoms with Gasteiger partial charge in [-0.25, -0.2) is 0 Å². The van der Waals surface area contributed by atoms with Gasteiger partial charge in [0.1, 0.15) is 0 Å². The molecule has 10 heavy (non-hydrogen) atoms. The largest absolute Gasteiger partial charge is 0.324 e. The number of nitrogens with two attached hydrogens (primary N) is 1. The van der Waals surface area contributed by atoms with E-state index in [0.717, 1.165) is 17.1 Å². The first-order valence-electron chi connectivity index (χ1n) is 4.18. The predicted octanol–water partition coefficient (Wildman–Crippen LogP) is 1.23. The van der Waals surface area contributed by atoms with E-state index in [2.05, 4.69) is 11.8 Å². The van der Waals surface area contributed by atoms with Crippen molar-refractivity contribution in [1.29, 1.82) is 0 Å². The zero-order chi connectivity index (χ0) is 6.77. The third kappa shape index (κ3) is 0.517. The van der Waals surface area contributed by atoms with Gasteiger partial charge in [0.05, 0.1) is 0 Å². The number of thioether (sulfide) groups is 1. The third-order valence-corrected chi connectivity index (χ3v) is 5.23. The summed E-state index contributed by atoms with van der Waals surface area (Å²) in [5.74, 6) is 3.16. The summed E-state index contributed by atoms with van der Waals surface area (Å²) in [5, 5.41) is 0.962. The van der Waals surface area contributed by atoms with Crippen molar-refractivity contribution < 1.29 is 0 Å². The van der Waals surface area contributed by atoms with Gasteiger partial charge in [0.25, 0.3) is 0 Å². The van der Waals surface area contributed by atoms with E-state index in [1.165, 1.54) is 25.0 Å². The Labute approximate surface area is 65.7 Å². The fourth-order valence-corrected chi connectivity index (χ4v) is 5.05. The van der Waals surface area contributed by atoms with E-state index >= 15 is 0 Å². The Kier molecular flexibility index (Phi) is 0.919. The summed E-state index contributed by atoms with van der Waals surface area (Å²) in [5.41, 5.74) is 6.55. The summed E-state index contributed by atoms with van der Waals surface area (Å²) < 4.78 is 0. The zero-order valence-electron chi connectivity index (χ0n) is 6.05. The normalized spacial score (nSPS) is 63.9. The molecular weight excluding hydrogens is 142 g/mol. The molecule has 0 amide bonds. The highest BCUT2D eigenvalue weighted by molar-refractivity contribution is 8.00.